The Labute approximate surface area is 102 Å². The van der Waals surface area contributed by atoms with Crippen molar-refractivity contribution >= 4 is 23.3 Å². The smallest absolute Gasteiger partial charge is 0.280 e. The molecule has 1 heterocycles. The van der Waals surface area contributed by atoms with Gasteiger partial charge in [0.2, 0.25) is 0 Å². The third-order valence-corrected chi connectivity index (χ3v) is 2.44. The molecule has 0 aliphatic rings. The number of amides is 1. The summed E-state index contributed by atoms with van der Waals surface area (Å²) in [6.07, 6.45) is 1.27. The molecule has 0 spiro atoms. The number of nitrogens with two attached hydrogens (primary N) is 1. The maximum absolute atomic E-state index is 11.2. The summed E-state index contributed by atoms with van der Waals surface area (Å²) in [5.41, 5.74) is 7.97. The van der Waals surface area contributed by atoms with Crippen LogP contribution in [0.25, 0.3) is 5.69 Å². The first-order valence-corrected chi connectivity index (χ1v) is 5.05. The number of aromatic nitrogens is 2. The van der Waals surface area contributed by atoms with Crippen molar-refractivity contribution in [2.75, 3.05) is 5.73 Å². The van der Waals surface area contributed by atoms with Gasteiger partial charge >= 0.3 is 0 Å². The summed E-state index contributed by atoms with van der Waals surface area (Å²) in [4.78, 5) is 11.2. The van der Waals surface area contributed by atoms with Crippen LogP contribution in [0.15, 0.2) is 30.5 Å². The van der Waals surface area contributed by atoms with E-state index < -0.39 is 5.91 Å². The lowest BCUT2D eigenvalue weighted by Gasteiger charge is -2.04. The second-order valence-electron chi connectivity index (χ2n) is 3.28. The zero-order valence-corrected chi connectivity index (χ0v) is 9.35. The van der Waals surface area contributed by atoms with Crippen LogP contribution in [0.5, 0.6) is 0 Å². The van der Waals surface area contributed by atoms with E-state index in [2.05, 4.69) is 5.10 Å². The fraction of sp³-hybridized carbons (Fsp3) is 0. The van der Waals surface area contributed by atoms with Gasteiger partial charge in [0, 0.05) is 5.02 Å². The lowest BCUT2D eigenvalue weighted by molar-refractivity contribution is 0.0707. The molecule has 1 aromatic carbocycles. The lowest BCUT2D eigenvalue weighted by atomic mass is 10.3. The van der Waals surface area contributed by atoms with E-state index in [-0.39, 0.29) is 11.4 Å². The van der Waals surface area contributed by atoms with Crippen molar-refractivity contribution in [2.45, 2.75) is 0 Å². The molecule has 0 bridgehead atoms. The first-order valence-electron chi connectivity index (χ1n) is 4.67. The fourth-order valence-corrected chi connectivity index (χ4v) is 1.59. The number of hydrogen-bond acceptors (Lipinski definition) is 4. The molecule has 0 saturated carbocycles. The molecular formula is C10H9ClN4O2. The van der Waals surface area contributed by atoms with Crippen LogP contribution in [0.4, 0.5) is 5.82 Å². The number of nitrogens with zero attached hydrogens (tertiary/aromatic N) is 2. The molecule has 0 saturated heterocycles. The van der Waals surface area contributed by atoms with Crippen LogP contribution in [0.2, 0.25) is 5.02 Å². The maximum Gasteiger partial charge on any atom is 0.280 e. The largest absolute Gasteiger partial charge is 0.383 e. The highest BCUT2D eigenvalue weighted by Crippen LogP contribution is 2.19. The molecule has 0 atom stereocenters. The van der Waals surface area contributed by atoms with Gasteiger partial charge in [0.1, 0.15) is 11.4 Å². The first kappa shape index (κ1) is 11.4. The second kappa shape index (κ2) is 4.44. The van der Waals surface area contributed by atoms with Crippen molar-refractivity contribution in [2.24, 2.45) is 0 Å². The summed E-state index contributed by atoms with van der Waals surface area (Å²) in [6, 6.07) is 6.86. The molecule has 0 aliphatic heterocycles. The number of rotatable bonds is 2. The average Bonchev–Trinajstić information content (AvgIpc) is 2.70. The van der Waals surface area contributed by atoms with Crippen molar-refractivity contribution in [1.29, 1.82) is 0 Å². The highest BCUT2D eigenvalue weighted by Gasteiger charge is 2.15. The number of hydroxylamine groups is 1. The highest BCUT2D eigenvalue weighted by molar-refractivity contribution is 6.30. The molecule has 0 unspecified atom stereocenters. The Kier molecular flexibility index (Phi) is 2.99. The standard InChI is InChI=1S/C10H9ClN4O2/c11-6-2-1-3-7(4-6)15-9(12)8(5-13-15)10(16)14-17/h1-5,17H,12H2,(H,14,16). The highest BCUT2D eigenvalue weighted by atomic mass is 35.5. The molecule has 0 fully saturated rings. The zero-order valence-electron chi connectivity index (χ0n) is 8.59. The summed E-state index contributed by atoms with van der Waals surface area (Å²) in [6.45, 7) is 0. The van der Waals surface area contributed by atoms with Gasteiger partial charge in [-0.25, -0.2) is 10.2 Å². The summed E-state index contributed by atoms with van der Waals surface area (Å²) in [5.74, 6) is -0.588. The minimum Gasteiger partial charge on any atom is -0.383 e. The van der Waals surface area contributed by atoms with Crippen molar-refractivity contribution in [3.63, 3.8) is 0 Å². The Morgan fingerprint density at radius 2 is 2.29 bits per heavy atom. The molecule has 2 rings (SSSR count). The number of anilines is 1. The van der Waals surface area contributed by atoms with Crippen LogP contribution in [-0.4, -0.2) is 20.9 Å². The number of nitrogen functional groups attached to an aromatic ring is 1. The normalized spacial score (nSPS) is 10.2. The van der Waals surface area contributed by atoms with Gasteiger partial charge in [-0.15, -0.1) is 0 Å². The van der Waals surface area contributed by atoms with E-state index in [1.165, 1.54) is 16.4 Å². The van der Waals surface area contributed by atoms with E-state index in [9.17, 15) is 4.79 Å². The van der Waals surface area contributed by atoms with E-state index in [4.69, 9.17) is 22.5 Å². The Morgan fingerprint density at radius 1 is 1.53 bits per heavy atom. The molecule has 1 amide bonds. The summed E-state index contributed by atoms with van der Waals surface area (Å²) < 4.78 is 1.36. The lowest BCUT2D eigenvalue weighted by Crippen LogP contribution is -2.19. The van der Waals surface area contributed by atoms with Crippen LogP contribution in [-0.2, 0) is 0 Å². The molecule has 2 aromatic rings. The predicted molar refractivity (Wildman–Crippen MR) is 62.2 cm³/mol. The molecule has 6 nitrogen and oxygen atoms in total. The van der Waals surface area contributed by atoms with Gasteiger partial charge in [-0.2, -0.15) is 5.10 Å². The zero-order chi connectivity index (χ0) is 12.4. The van der Waals surface area contributed by atoms with Crippen molar-refractivity contribution < 1.29 is 10.0 Å². The third kappa shape index (κ3) is 2.08. The van der Waals surface area contributed by atoms with Gasteiger partial charge in [-0.05, 0) is 18.2 Å². The Bertz CT molecular complexity index is 567. The SMILES string of the molecule is Nc1c(C(=O)NO)cnn1-c1cccc(Cl)c1. The quantitative estimate of drug-likeness (QED) is 0.554. The Morgan fingerprint density at radius 3 is 2.94 bits per heavy atom. The number of benzene rings is 1. The Balaban J connectivity index is 2.48. The minimum atomic E-state index is -0.712. The van der Waals surface area contributed by atoms with Gasteiger partial charge in [-0.1, -0.05) is 17.7 Å². The molecule has 17 heavy (non-hydrogen) atoms. The van der Waals surface area contributed by atoms with E-state index in [0.29, 0.717) is 10.7 Å². The first-order chi connectivity index (χ1) is 8.13. The van der Waals surface area contributed by atoms with Crippen LogP contribution < -0.4 is 11.2 Å². The molecule has 0 radical (unpaired) electrons. The van der Waals surface area contributed by atoms with Crippen molar-refractivity contribution in [3.05, 3.63) is 41.0 Å². The van der Waals surface area contributed by atoms with E-state index in [1.807, 2.05) is 0 Å². The average molecular weight is 253 g/mol. The molecule has 7 heteroatoms. The second-order valence-corrected chi connectivity index (χ2v) is 3.71. The van der Waals surface area contributed by atoms with Gasteiger partial charge in [0.25, 0.3) is 5.91 Å². The summed E-state index contributed by atoms with van der Waals surface area (Å²) in [5, 5.41) is 13.0. The molecular weight excluding hydrogens is 244 g/mol. The van der Waals surface area contributed by atoms with E-state index >= 15 is 0 Å². The maximum atomic E-state index is 11.2. The number of hydrogen-bond donors (Lipinski definition) is 3. The number of halogens is 1. The summed E-state index contributed by atoms with van der Waals surface area (Å²) >= 11 is 5.84. The topological polar surface area (TPSA) is 93.2 Å². The Hall–Kier alpha value is -2.05. The predicted octanol–water partition coefficient (Wildman–Crippen LogP) is 1.23. The van der Waals surface area contributed by atoms with Gasteiger partial charge in [0.05, 0.1) is 11.9 Å². The van der Waals surface area contributed by atoms with Crippen LogP contribution in [0.3, 0.4) is 0 Å². The van der Waals surface area contributed by atoms with Crippen molar-refractivity contribution in [1.82, 2.24) is 15.3 Å². The number of carbonyl (C=O) groups is 1. The molecule has 1 aromatic heterocycles. The van der Waals surface area contributed by atoms with Crippen molar-refractivity contribution in [3.8, 4) is 5.69 Å². The van der Waals surface area contributed by atoms with Gasteiger partial charge in [-0.3, -0.25) is 10.0 Å². The van der Waals surface area contributed by atoms with E-state index in [0.717, 1.165) is 0 Å². The van der Waals surface area contributed by atoms with Crippen LogP contribution in [0, 0.1) is 0 Å². The van der Waals surface area contributed by atoms with E-state index in [1.54, 1.807) is 24.3 Å². The van der Waals surface area contributed by atoms with Crippen LogP contribution >= 0.6 is 11.6 Å². The summed E-state index contributed by atoms with van der Waals surface area (Å²) in [7, 11) is 0. The van der Waals surface area contributed by atoms with Gasteiger partial charge < -0.3 is 5.73 Å². The monoisotopic (exact) mass is 252 g/mol. The number of carbonyl (C=O) groups excluding carboxylic acids is 1. The minimum absolute atomic E-state index is 0.0903. The third-order valence-electron chi connectivity index (χ3n) is 2.21. The fourth-order valence-electron chi connectivity index (χ4n) is 1.41. The molecule has 4 N–H and O–H groups in total. The molecule has 0 aliphatic carbocycles. The van der Waals surface area contributed by atoms with Crippen LogP contribution in [0.1, 0.15) is 10.4 Å². The number of nitrogens with one attached hydrogen (secondary N) is 1. The molecule has 88 valence electrons. The van der Waals surface area contributed by atoms with Gasteiger partial charge in [0.15, 0.2) is 0 Å².